The first kappa shape index (κ1) is 8.03. The molecule has 0 atom stereocenters. The van der Waals surface area contributed by atoms with Crippen LogP contribution >= 0.6 is 0 Å². The van der Waals surface area contributed by atoms with E-state index in [1.54, 1.807) is 0 Å². The summed E-state index contributed by atoms with van der Waals surface area (Å²) < 4.78 is 0. The van der Waals surface area contributed by atoms with E-state index >= 15 is 0 Å². The first-order valence-electron chi connectivity index (χ1n) is 2.20. The summed E-state index contributed by atoms with van der Waals surface area (Å²) in [5, 5.41) is 17.9. The van der Waals surface area contributed by atoms with Crippen molar-refractivity contribution in [2.45, 2.75) is 0 Å². The van der Waals surface area contributed by atoms with Crippen molar-refractivity contribution in [2.24, 2.45) is 22.4 Å². The van der Waals surface area contributed by atoms with Crippen LogP contribution in [0.1, 0.15) is 0 Å². The van der Waals surface area contributed by atoms with Crippen molar-refractivity contribution < 1.29 is 0 Å². The van der Waals surface area contributed by atoms with Crippen molar-refractivity contribution in [3.8, 4) is 6.19 Å². The molecule has 0 fully saturated rings. The Morgan fingerprint density at radius 2 is 2.10 bits per heavy atom. The fourth-order valence-electron chi connectivity index (χ4n) is 0.286. The Kier molecular flexibility index (Phi) is 2.52. The molecule has 0 aromatic heterocycles. The number of nitrogens with one attached hydrogen (secondary N) is 1. The Bertz CT molecular complexity index is 197. The standard InChI is InChI=1S/C3H7N7/c4-1-10(2(5)6)3(7)9-8/h8H2,(H3,5,6)(H2,7,9). The molecule has 0 amide bonds. The largest absolute Gasteiger partial charge is 0.369 e. The van der Waals surface area contributed by atoms with E-state index in [1.165, 1.54) is 6.19 Å². The molecule has 0 rings (SSSR count). The lowest BCUT2D eigenvalue weighted by atomic mass is 10.7. The normalized spacial score (nSPS) is 10.1. The van der Waals surface area contributed by atoms with E-state index in [0.717, 1.165) is 0 Å². The lowest BCUT2D eigenvalue weighted by Gasteiger charge is -2.08. The number of hydrazone groups is 1. The Balaban J connectivity index is 4.41. The van der Waals surface area contributed by atoms with Crippen LogP contribution in [-0.4, -0.2) is 16.8 Å². The van der Waals surface area contributed by atoms with Gasteiger partial charge in [-0.25, -0.2) is 0 Å². The molecule has 0 bridgehead atoms. The predicted octanol–water partition coefficient (Wildman–Crippen LogP) is -2.15. The van der Waals surface area contributed by atoms with Crippen LogP contribution in [0, 0.1) is 16.9 Å². The number of hydrogen-bond donors (Lipinski definition) is 4. The molecule has 0 spiro atoms. The van der Waals surface area contributed by atoms with Crippen molar-refractivity contribution in [2.75, 3.05) is 0 Å². The van der Waals surface area contributed by atoms with Gasteiger partial charge in [0.25, 0.3) is 0 Å². The second-order valence-electron chi connectivity index (χ2n) is 1.31. The summed E-state index contributed by atoms with van der Waals surface area (Å²) in [6, 6.07) is 0. The topological polar surface area (TPSA) is 141 Å². The highest BCUT2D eigenvalue weighted by Crippen LogP contribution is 1.79. The van der Waals surface area contributed by atoms with Gasteiger partial charge in [0.1, 0.15) is 0 Å². The lowest BCUT2D eigenvalue weighted by Crippen LogP contribution is -2.42. The van der Waals surface area contributed by atoms with Crippen molar-refractivity contribution in [1.29, 1.82) is 10.7 Å². The van der Waals surface area contributed by atoms with Gasteiger partial charge in [-0.05, 0) is 0 Å². The molecule has 0 heterocycles. The van der Waals surface area contributed by atoms with Gasteiger partial charge in [0, 0.05) is 0 Å². The summed E-state index contributed by atoms with van der Waals surface area (Å²) in [6.45, 7) is 0. The molecule has 7 nitrogen and oxygen atoms in total. The summed E-state index contributed by atoms with van der Waals surface area (Å²) in [5.41, 5.74) is 9.93. The van der Waals surface area contributed by atoms with Gasteiger partial charge in [-0.15, -0.1) is 5.10 Å². The van der Waals surface area contributed by atoms with E-state index in [9.17, 15) is 0 Å². The van der Waals surface area contributed by atoms with Crippen molar-refractivity contribution >= 4 is 11.9 Å². The van der Waals surface area contributed by atoms with Crippen LogP contribution in [0.3, 0.4) is 0 Å². The Morgan fingerprint density at radius 1 is 1.60 bits per heavy atom. The van der Waals surface area contributed by atoms with E-state index < -0.39 is 5.96 Å². The van der Waals surface area contributed by atoms with Crippen molar-refractivity contribution in [1.82, 2.24) is 4.90 Å². The number of rotatable bonds is 0. The molecule has 0 aliphatic carbocycles. The zero-order chi connectivity index (χ0) is 8.15. The maximum atomic E-state index is 8.24. The Morgan fingerprint density at radius 3 is 2.20 bits per heavy atom. The second-order valence-corrected chi connectivity index (χ2v) is 1.31. The molecule has 0 radical (unpaired) electrons. The summed E-state index contributed by atoms with van der Waals surface area (Å²) in [4.78, 5) is 0.583. The van der Waals surface area contributed by atoms with Crippen LogP contribution < -0.4 is 17.3 Å². The van der Waals surface area contributed by atoms with Gasteiger partial charge >= 0.3 is 0 Å². The van der Waals surface area contributed by atoms with Crippen molar-refractivity contribution in [3.63, 3.8) is 0 Å². The molecule has 7 heteroatoms. The molecule has 0 aliphatic heterocycles. The van der Waals surface area contributed by atoms with Crippen LogP contribution in [0.2, 0.25) is 0 Å². The van der Waals surface area contributed by atoms with Gasteiger partial charge in [-0.1, -0.05) is 0 Å². The molecule has 7 N–H and O–H groups in total. The molecule has 0 saturated heterocycles. The summed E-state index contributed by atoms with van der Waals surface area (Å²) in [7, 11) is 0. The Labute approximate surface area is 57.2 Å². The average molecular weight is 141 g/mol. The Hall–Kier alpha value is -1.97. The quantitative estimate of drug-likeness (QED) is 0.0759. The number of nitrogens with two attached hydrogens (primary N) is 3. The predicted molar refractivity (Wildman–Crippen MR) is 35.2 cm³/mol. The third-order valence-corrected chi connectivity index (χ3v) is 0.702. The first-order chi connectivity index (χ1) is 4.63. The number of nitriles is 1. The van der Waals surface area contributed by atoms with Crippen LogP contribution in [-0.2, 0) is 0 Å². The zero-order valence-corrected chi connectivity index (χ0v) is 5.07. The van der Waals surface area contributed by atoms with Crippen LogP contribution in [0.5, 0.6) is 0 Å². The number of guanidine groups is 2. The van der Waals surface area contributed by atoms with Gasteiger partial charge in [0.05, 0.1) is 0 Å². The maximum absolute atomic E-state index is 8.24. The second kappa shape index (κ2) is 3.13. The minimum atomic E-state index is -0.519. The van der Waals surface area contributed by atoms with E-state index in [-0.39, 0.29) is 5.96 Å². The zero-order valence-electron chi connectivity index (χ0n) is 5.07. The van der Waals surface area contributed by atoms with Gasteiger partial charge in [0.15, 0.2) is 6.19 Å². The highest BCUT2D eigenvalue weighted by molar-refractivity contribution is 5.97. The monoisotopic (exact) mass is 141 g/mol. The van der Waals surface area contributed by atoms with E-state index in [1.807, 2.05) is 0 Å². The highest BCUT2D eigenvalue weighted by Gasteiger charge is 2.08. The third-order valence-electron chi connectivity index (χ3n) is 0.702. The molecular formula is C3H7N7. The van der Waals surface area contributed by atoms with Gasteiger partial charge in [-0.3, -0.25) is 5.41 Å². The minimum Gasteiger partial charge on any atom is -0.369 e. The van der Waals surface area contributed by atoms with Crippen LogP contribution in [0.4, 0.5) is 0 Å². The molecule has 0 saturated carbocycles. The maximum Gasteiger partial charge on any atom is 0.233 e. The van der Waals surface area contributed by atoms with Crippen LogP contribution in [0.15, 0.2) is 5.10 Å². The SMILES string of the molecule is N#CN(C(=N)N)C(N)=NN. The molecule has 0 aromatic carbocycles. The van der Waals surface area contributed by atoms with Crippen molar-refractivity contribution in [3.05, 3.63) is 0 Å². The minimum absolute atomic E-state index is 0.310. The molecular weight excluding hydrogens is 134 g/mol. The fourth-order valence-corrected chi connectivity index (χ4v) is 0.286. The number of nitrogens with zero attached hydrogens (tertiary/aromatic N) is 3. The van der Waals surface area contributed by atoms with E-state index in [4.69, 9.17) is 28.0 Å². The third kappa shape index (κ3) is 1.52. The summed E-state index contributed by atoms with van der Waals surface area (Å²) in [5.74, 6) is 3.87. The molecule has 0 aromatic rings. The smallest absolute Gasteiger partial charge is 0.233 e. The summed E-state index contributed by atoms with van der Waals surface area (Å²) in [6.07, 6.45) is 1.50. The molecule has 54 valence electrons. The van der Waals surface area contributed by atoms with E-state index in [0.29, 0.717) is 4.90 Å². The molecule has 10 heavy (non-hydrogen) atoms. The van der Waals surface area contributed by atoms with Gasteiger partial charge in [-0.2, -0.15) is 10.2 Å². The average Bonchev–Trinajstić information content (AvgIpc) is 1.88. The van der Waals surface area contributed by atoms with Gasteiger partial charge < -0.3 is 17.3 Å². The van der Waals surface area contributed by atoms with E-state index in [2.05, 4.69) is 5.10 Å². The highest BCUT2D eigenvalue weighted by atomic mass is 15.4. The van der Waals surface area contributed by atoms with Crippen LogP contribution in [0.25, 0.3) is 0 Å². The lowest BCUT2D eigenvalue weighted by molar-refractivity contribution is 0.804. The summed E-state index contributed by atoms with van der Waals surface area (Å²) >= 11 is 0. The number of hydrogen-bond acceptors (Lipinski definition) is 4. The first-order valence-corrected chi connectivity index (χ1v) is 2.20. The van der Waals surface area contributed by atoms with Gasteiger partial charge in [0.2, 0.25) is 11.9 Å². The fraction of sp³-hybridized carbons (Fsp3) is 0. The molecule has 0 unspecified atom stereocenters. The molecule has 0 aliphatic rings.